The molecule has 0 bridgehead atoms. The molecule has 5 rings (SSSR count). The molecule has 1 saturated heterocycles. The number of ether oxygens (including phenoxy) is 2. The van der Waals surface area contributed by atoms with Gasteiger partial charge in [-0.3, -0.25) is 4.57 Å². The van der Waals surface area contributed by atoms with Gasteiger partial charge in [-0.05, 0) is 29.5 Å². The molecule has 4 N–H and O–H groups in total. The normalized spacial score (nSPS) is 27.1. The highest BCUT2D eigenvalue weighted by atomic mass is 16.6. The molecule has 0 amide bonds. The number of rotatable bonds is 4. The number of nitrogens with two attached hydrogens (primary N) is 1. The van der Waals surface area contributed by atoms with Gasteiger partial charge in [0.25, 0.3) is 0 Å². The molecule has 3 heterocycles. The molecule has 1 aromatic carbocycles. The highest BCUT2D eigenvalue weighted by Crippen LogP contribution is 2.39. The van der Waals surface area contributed by atoms with Crippen molar-refractivity contribution >= 4 is 22.6 Å². The van der Waals surface area contributed by atoms with E-state index in [1.54, 1.807) is 11.7 Å². The van der Waals surface area contributed by atoms with E-state index in [0.29, 0.717) is 11.2 Å². The van der Waals surface area contributed by atoms with Crippen LogP contribution in [0.2, 0.25) is 0 Å². The fourth-order valence-corrected chi connectivity index (χ4v) is 4.44. The van der Waals surface area contributed by atoms with Gasteiger partial charge in [0.05, 0.1) is 6.33 Å². The summed E-state index contributed by atoms with van der Waals surface area (Å²) in [6.07, 6.45) is 2.20. The van der Waals surface area contributed by atoms with E-state index in [4.69, 9.17) is 15.2 Å². The van der Waals surface area contributed by atoms with E-state index in [9.17, 15) is 10.2 Å². The summed E-state index contributed by atoms with van der Waals surface area (Å²) in [7, 11) is 1.58. The monoisotopic (exact) mass is 409 g/mol. The second-order valence-electron chi connectivity index (χ2n) is 7.57. The highest BCUT2D eigenvalue weighted by Gasteiger charge is 2.49. The van der Waals surface area contributed by atoms with Gasteiger partial charge in [-0.15, -0.1) is 0 Å². The fourth-order valence-electron chi connectivity index (χ4n) is 4.44. The van der Waals surface area contributed by atoms with E-state index in [2.05, 4.69) is 27.1 Å². The van der Waals surface area contributed by atoms with Crippen LogP contribution in [0.25, 0.3) is 16.7 Å². The second kappa shape index (κ2) is 7.44. The quantitative estimate of drug-likeness (QED) is 0.584. The first-order valence-corrected chi connectivity index (χ1v) is 9.86. The van der Waals surface area contributed by atoms with Gasteiger partial charge in [-0.2, -0.15) is 0 Å². The van der Waals surface area contributed by atoms with Crippen LogP contribution in [0.3, 0.4) is 0 Å². The minimum absolute atomic E-state index is 0.238. The molecule has 1 fully saturated rings. The number of methoxy groups -OCH3 is 1. The largest absolute Gasteiger partial charge is 0.387 e. The van der Waals surface area contributed by atoms with Gasteiger partial charge in [0.1, 0.15) is 36.3 Å². The Morgan fingerprint density at radius 2 is 2.03 bits per heavy atom. The third kappa shape index (κ3) is 2.90. The Morgan fingerprint density at radius 3 is 2.87 bits per heavy atom. The second-order valence-corrected chi connectivity index (χ2v) is 7.57. The van der Waals surface area contributed by atoms with Crippen LogP contribution in [0.4, 0.5) is 5.82 Å². The Morgan fingerprint density at radius 1 is 1.20 bits per heavy atom. The highest BCUT2D eigenvalue weighted by molar-refractivity contribution is 5.81. The van der Waals surface area contributed by atoms with Gasteiger partial charge in [0.15, 0.2) is 17.7 Å². The molecule has 30 heavy (non-hydrogen) atoms. The summed E-state index contributed by atoms with van der Waals surface area (Å²) in [5.41, 5.74) is 9.97. The van der Waals surface area contributed by atoms with Crippen molar-refractivity contribution in [2.24, 2.45) is 0 Å². The third-order valence-electron chi connectivity index (χ3n) is 5.90. The number of aliphatic hydroxyl groups is 2. The van der Waals surface area contributed by atoms with Crippen molar-refractivity contribution in [2.75, 3.05) is 12.8 Å². The van der Waals surface area contributed by atoms with Gasteiger partial charge >= 0.3 is 0 Å². The van der Waals surface area contributed by atoms with Gasteiger partial charge in [-0.25, -0.2) is 15.0 Å². The molecule has 0 spiro atoms. The van der Waals surface area contributed by atoms with Crippen LogP contribution in [0.5, 0.6) is 0 Å². The molecule has 5 atom stereocenters. The van der Waals surface area contributed by atoms with Crippen molar-refractivity contribution in [3.05, 3.63) is 54.1 Å². The third-order valence-corrected chi connectivity index (χ3v) is 5.90. The predicted molar refractivity (Wildman–Crippen MR) is 109 cm³/mol. The number of aryl methyl sites for hydroxylation is 1. The van der Waals surface area contributed by atoms with Crippen molar-refractivity contribution in [2.45, 2.75) is 43.5 Å². The molecule has 2 aliphatic rings. The summed E-state index contributed by atoms with van der Waals surface area (Å²) in [5.74, 6) is 0.238. The summed E-state index contributed by atoms with van der Waals surface area (Å²) in [6, 6.07) is 8.14. The number of hydrogen-bond acceptors (Lipinski definition) is 8. The number of aliphatic hydroxyl groups excluding tert-OH is 2. The van der Waals surface area contributed by atoms with Crippen LogP contribution < -0.4 is 5.73 Å². The fraction of sp³-hybridized carbons (Fsp3) is 0.381. The Hall–Kier alpha value is -2.85. The number of nitrogen functional groups attached to an aromatic ring is 1. The maximum Gasteiger partial charge on any atom is 0.167 e. The molecule has 9 nitrogen and oxygen atoms in total. The molecule has 156 valence electrons. The van der Waals surface area contributed by atoms with Crippen molar-refractivity contribution in [3.63, 3.8) is 0 Å². The Balaban J connectivity index is 1.49. The zero-order chi connectivity index (χ0) is 20.8. The number of imidazole rings is 1. The van der Waals surface area contributed by atoms with E-state index in [-0.39, 0.29) is 5.82 Å². The lowest BCUT2D eigenvalue weighted by molar-refractivity contribution is -0.0773. The van der Waals surface area contributed by atoms with Crippen LogP contribution in [0, 0.1) is 0 Å². The Bertz CT molecular complexity index is 1110. The average molecular weight is 409 g/mol. The first kappa shape index (κ1) is 19.1. The topological polar surface area (TPSA) is 129 Å². The van der Waals surface area contributed by atoms with Gasteiger partial charge in [-0.1, -0.05) is 30.3 Å². The minimum Gasteiger partial charge on any atom is -0.387 e. The van der Waals surface area contributed by atoms with E-state index in [0.717, 1.165) is 24.0 Å². The predicted octanol–water partition coefficient (Wildman–Crippen LogP) is 1.07. The minimum atomic E-state index is -1.19. The molecular formula is C21H23N5O4. The van der Waals surface area contributed by atoms with Crippen LogP contribution in [-0.4, -0.2) is 61.3 Å². The van der Waals surface area contributed by atoms with E-state index in [1.807, 2.05) is 18.2 Å². The Labute approximate surface area is 172 Å². The molecule has 1 aliphatic carbocycles. The summed E-state index contributed by atoms with van der Waals surface area (Å²) >= 11 is 0. The SMILES string of the molecule is COC(C1=CCCc2ccccc21)[C@H]1O[C@@H](n2cnc3c(N)ncnc32)[C@H](O)[C@@H]1O. The number of nitrogens with zero attached hydrogens (tertiary/aromatic N) is 4. The lowest BCUT2D eigenvalue weighted by Crippen LogP contribution is -2.40. The van der Waals surface area contributed by atoms with E-state index >= 15 is 0 Å². The summed E-state index contributed by atoms with van der Waals surface area (Å²) in [4.78, 5) is 12.4. The molecule has 3 aromatic rings. The maximum absolute atomic E-state index is 10.9. The van der Waals surface area contributed by atoms with Crippen molar-refractivity contribution in [1.29, 1.82) is 0 Å². The molecule has 1 aliphatic heterocycles. The van der Waals surface area contributed by atoms with Crippen LogP contribution in [-0.2, 0) is 15.9 Å². The van der Waals surface area contributed by atoms with Crippen LogP contribution in [0.15, 0.2) is 43.0 Å². The first-order valence-electron chi connectivity index (χ1n) is 9.86. The summed E-state index contributed by atoms with van der Waals surface area (Å²) in [6.45, 7) is 0. The number of anilines is 1. The number of benzene rings is 1. The van der Waals surface area contributed by atoms with E-state index in [1.165, 1.54) is 18.2 Å². The summed E-state index contributed by atoms with van der Waals surface area (Å²) in [5, 5.41) is 21.7. The van der Waals surface area contributed by atoms with Crippen molar-refractivity contribution < 1.29 is 19.7 Å². The van der Waals surface area contributed by atoms with Gasteiger partial charge in [0, 0.05) is 7.11 Å². The lowest BCUT2D eigenvalue weighted by atomic mass is 9.85. The molecule has 0 radical (unpaired) electrons. The standard InChI is InChI=1S/C21H23N5O4/c1-29-17(13-8-4-6-11-5-2-3-7-12(11)13)18-15(27)16(28)21(30-18)26-10-25-14-19(22)23-9-24-20(14)26/h2-3,5,7-10,15-18,21,27-28H,4,6H2,1H3,(H2,22,23,24)/t15-,16+,17?,18-,21+/m0/s1. The van der Waals surface area contributed by atoms with E-state index < -0.39 is 30.6 Å². The molecule has 9 heteroatoms. The maximum atomic E-state index is 10.9. The number of aromatic nitrogens is 4. The van der Waals surface area contributed by atoms with Crippen LogP contribution in [0.1, 0.15) is 23.8 Å². The molecule has 2 aromatic heterocycles. The number of hydrogen-bond donors (Lipinski definition) is 3. The van der Waals surface area contributed by atoms with Gasteiger partial charge in [0.2, 0.25) is 0 Å². The van der Waals surface area contributed by atoms with Crippen LogP contribution >= 0.6 is 0 Å². The average Bonchev–Trinajstić information content (AvgIpc) is 3.32. The molecular weight excluding hydrogens is 386 g/mol. The van der Waals surface area contributed by atoms with Crippen molar-refractivity contribution in [3.8, 4) is 0 Å². The number of fused-ring (bicyclic) bond motifs is 2. The summed E-state index contributed by atoms with van der Waals surface area (Å²) < 4.78 is 13.5. The number of allylic oxidation sites excluding steroid dienone is 1. The molecule has 0 saturated carbocycles. The zero-order valence-electron chi connectivity index (χ0n) is 16.4. The smallest absolute Gasteiger partial charge is 0.167 e. The van der Waals surface area contributed by atoms with Gasteiger partial charge < -0.3 is 25.4 Å². The Kier molecular flexibility index (Phi) is 4.75. The first-order chi connectivity index (χ1) is 14.6. The lowest BCUT2D eigenvalue weighted by Gasteiger charge is -2.30. The van der Waals surface area contributed by atoms with Crippen molar-refractivity contribution in [1.82, 2.24) is 19.5 Å². The molecule has 1 unspecified atom stereocenters. The zero-order valence-corrected chi connectivity index (χ0v) is 16.4.